The first-order valence-electron chi connectivity index (χ1n) is 7.60. The minimum Gasteiger partial charge on any atom is -0.357 e. The smallest absolute Gasteiger partial charge is 0.247 e. The van der Waals surface area contributed by atoms with Crippen molar-refractivity contribution in [2.75, 3.05) is 6.54 Å². The van der Waals surface area contributed by atoms with Gasteiger partial charge in [0.05, 0.1) is 6.54 Å². The number of amides is 1. The van der Waals surface area contributed by atoms with Crippen LogP contribution < -0.4 is 0 Å². The molecule has 0 spiro atoms. The van der Waals surface area contributed by atoms with Gasteiger partial charge < -0.3 is 9.88 Å². The Balaban J connectivity index is 1.60. The van der Waals surface area contributed by atoms with Gasteiger partial charge in [-0.3, -0.25) is 9.48 Å². The summed E-state index contributed by atoms with van der Waals surface area (Å²) in [6, 6.07) is 9.91. The molecule has 3 heterocycles. The molecule has 0 aliphatic carbocycles. The lowest BCUT2D eigenvalue weighted by atomic mass is 10.0. The molecular formula is C17H18N4O. The molecule has 1 aliphatic heterocycles. The Morgan fingerprint density at radius 2 is 2.18 bits per heavy atom. The number of aromatic amines is 1. The lowest BCUT2D eigenvalue weighted by Gasteiger charge is -2.29. The van der Waals surface area contributed by atoms with Crippen LogP contribution in [-0.4, -0.2) is 32.1 Å². The fraction of sp³-hybridized carbons (Fsp3) is 0.294. The van der Waals surface area contributed by atoms with Gasteiger partial charge in [0, 0.05) is 35.5 Å². The highest BCUT2D eigenvalue weighted by Crippen LogP contribution is 2.28. The molecule has 0 radical (unpaired) electrons. The van der Waals surface area contributed by atoms with E-state index in [9.17, 15) is 4.79 Å². The monoisotopic (exact) mass is 294 g/mol. The number of carbonyl (C=O) groups excluding carboxylic acids is 1. The molecule has 1 aliphatic rings. The number of H-pyrrole nitrogens is 1. The molecule has 0 bridgehead atoms. The van der Waals surface area contributed by atoms with Crippen LogP contribution in [-0.2, 0) is 17.8 Å². The first kappa shape index (κ1) is 13.1. The fourth-order valence-corrected chi connectivity index (χ4v) is 3.27. The van der Waals surface area contributed by atoms with E-state index >= 15 is 0 Å². The average Bonchev–Trinajstić information content (AvgIpc) is 3.20. The predicted molar refractivity (Wildman–Crippen MR) is 84.4 cm³/mol. The molecule has 1 amide bonds. The number of nitrogens with one attached hydrogen (secondary N) is 1. The van der Waals surface area contributed by atoms with E-state index in [1.807, 2.05) is 30.2 Å². The number of hydrogen-bond acceptors (Lipinski definition) is 2. The molecule has 3 aromatic rings. The molecule has 1 N–H and O–H groups in total. The third kappa shape index (κ3) is 2.01. The van der Waals surface area contributed by atoms with Gasteiger partial charge in [0.25, 0.3) is 0 Å². The number of fused-ring (bicyclic) bond motifs is 3. The topological polar surface area (TPSA) is 53.9 Å². The maximum absolute atomic E-state index is 12.7. The standard InChI is InChI=1S/C17H18N4O/c1-12(21-9-4-8-18-21)17(22)20-10-7-14-13-5-2-3-6-15(13)19-16(14)11-20/h2-6,8-9,12,19H,7,10-11H2,1H3/t12-/m0/s1. The van der Waals surface area contributed by atoms with Gasteiger partial charge in [-0.05, 0) is 31.0 Å². The van der Waals surface area contributed by atoms with E-state index in [0.717, 1.165) is 24.2 Å². The number of aromatic nitrogens is 3. The average molecular weight is 294 g/mol. The largest absolute Gasteiger partial charge is 0.357 e. The highest BCUT2D eigenvalue weighted by atomic mass is 16.2. The van der Waals surface area contributed by atoms with E-state index < -0.39 is 0 Å². The van der Waals surface area contributed by atoms with Gasteiger partial charge in [0.2, 0.25) is 5.91 Å². The Hall–Kier alpha value is -2.56. The molecule has 2 aromatic heterocycles. The van der Waals surface area contributed by atoms with Crippen LogP contribution in [0.1, 0.15) is 24.2 Å². The molecule has 5 nitrogen and oxygen atoms in total. The van der Waals surface area contributed by atoms with Crippen LogP contribution in [0.3, 0.4) is 0 Å². The second-order valence-electron chi connectivity index (χ2n) is 5.80. The van der Waals surface area contributed by atoms with Crippen molar-refractivity contribution in [3.05, 3.63) is 54.0 Å². The molecule has 112 valence electrons. The van der Waals surface area contributed by atoms with Crippen LogP contribution in [0.4, 0.5) is 0 Å². The Morgan fingerprint density at radius 3 is 3.00 bits per heavy atom. The molecule has 0 unspecified atom stereocenters. The first-order chi connectivity index (χ1) is 10.7. The van der Waals surface area contributed by atoms with E-state index in [0.29, 0.717) is 6.54 Å². The number of rotatable bonds is 2. The van der Waals surface area contributed by atoms with Gasteiger partial charge >= 0.3 is 0 Å². The molecule has 5 heteroatoms. The number of benzene rings is 1. The van der Waals surface area contributed by atoms with Crippen LogP contribution >= 0.6 is 0 Å². The summed E-state index contributed by atoms with van der Waals surface area (Å²) in [7, 11) is 0. The van der Waals surface area contributed by atoms with E-state index in [1.165, 1.54) is 10.9 Å². The lowest BCUT2D eigenvalue weighted by molar-refractivity contribution is -0.135. The number of carbonyl (C=O) groups is 1. The summed E-state index contributed by atoms with van der Waals surface area (Å²) in [5, 5.41) is 5.45. The van der Waals surface area contributed by atoms with Crippen molar-refractivity contribution >= 4 is 16.8 Å². The SMILES string of the molecule is C[C@@H](C(=O)N1CCc2c([nH]c3ccccc23)C1)n1cccn1. The van der Waals surface area contributed by atoms with Gasteiger partial charge in [0.1, 0.15) is 6.04 Å². The van der Waals surface area contributed by atoms with Crippen LogP contribution in [0.2, 0.25) is 0 Å². The van der Waals surface area contributed by atoms with Crippen molar-refractivity contribution in [3.8, 4) is 0 Å². The summed E-state index contributed by atoms with van der Waals surface area (Å²) in [6.45, 7) is 3.31. The third-order valence-corrected chi connectivity index (χ3v) is 4.47. The maximum Gasteiger partial charge on any atom is 0.247 e. The summed E-state index contributed by atoms with van der Waals surface area (Å²) >= 11 is 0. The zero-order valence-electron chi connectivity index (χ0n) is 12.5. The first-order valence-corrected chi connectivity index (χ1v) is 7.60. The molecule has 22 heavy (non-hydrogen) atoms. The molecule has 1 atom stereocenters. The molecule has 4 rings (SSSR count). The second-order valence-corrected chi connectivity index (χ2v) is 5.80. The van der Waals surface area contributed by atoms with Gasteiger partial charge in [-0.2, -0.15) is 5.10 Å². The fourth-order valence-electron chi connectivity index (χ4n) is 3.27. The molecule has 0 saturated carbocycles. The molecule has 0 fully saturated rings. The Bertz CT molecular complexity index is 818. The van der Waals surface area contributed by atoms with Crippen molar-refractivity contribution in [3.63, 3.8) is 0 Å². The predicted octanol–water partition coefficient (Wildman–Crippen LogP) is 2.51. The number of hydrogen-bond donors (Lipinski definition) is 1. The molecular weight excluding hydrogens is 276 g/mol. The van der Waals surface area contributed by atoms with Gasteiger partial charge in [-0.25, -0.2) is 0 Å². The third-order valence-electron chi connectivity index (χ3n) is 4.47. The Kier molecular flexibility index (Phi) is 2.99. The van der Waals surface area contributed by atoms with Crippen LogP contribution in [0.5, 0.6) is 0 Å². The number of nitrogens with zero attached hydrogens (tertiary/aromatic N) is 3. The van der Waals surface area contributed by atoms with Crippen molar-refractivity contribution in [1.82, 2.24) is 19.7 Å². The zero-order chi connectivity index (χ0) is 15.1. The summed E-state index contributed by atoms with van der Waals surface area (Å²) < 4.78 is 1.71. The van der Waals surface area contributed by atoms with Gasteiger partial charge in [0.15, 0.2) is 0 Å². The molecule has 0 saturated heterocycles. The van der Waals surface area contributed by atoms with Gasteiger partial charge in [-0.1, -0.05) is 18.2 Å². The zero-order valence-corrected chi connectivity index (χ0v) is 12.5. The van der Waals surface area contributed by atoms with E-state index in [2.05, 4.69) is 28.3 Å². The summed E-state index contributed by atoms with van der Waals surface area (Å²) in [5.41, 5.74) is 3.67. The molecule has 1 aromatic carbocycles. The van der Waals surface area contributed by atoms with E-state index in [1.54, 1.807) is 10.9 Å². The minimum absolute atomic E-state index is 0.119. The van der Waals surface area contributed by atoms with Gasteiger partial charge in [-0.15, -0.1) is 0 Å². The van der Waals surface area contributed by atoms with Crippen LogP contribution in [0, 0.1) is 0 Å². The Labute approximate surface area is 128 Å². The van der Waals surface area contributed by atoms with Crippen LogP contribution in [0.25, 0.3) is 10.9 Å². The van der Waals surface area contributed by atoms with Crippen molar-refractivity contribution < 1.29 is 4.79 Å². The summed E-state index contributed by atoms with van der Waals surface area (Å²) in [5.74, 6) is 0.119. The highest BCUT2D eigenvalue weighted by Gasteiger charge is 2.27. The summed E-state index contributed by atoms with van der Waals surface area (Å²) in [4.78, 5) is 18.1. The normalized spacial score (nSPS) is 15.8. The van der Waals surface area contributed by atoms with Crippen molar-refractivity contribution in [1.29, 1.82) is 0 Å². The highest BCUT2D eigenvalue weighted by molar-refractivity contribution is 5.86. The quantitative estimate of drug-likeness (QED) is 0.789. The minimum atomic E-state index is -0.263. The second kappa shape index (κ2) is 5.02. The van der Waals surface area contributed by atoms with Crippen molar-refractivity contribution in [2.24, 2.45) is 0 Å². The van der Waals surface area contributed by atoms with E-state index in [-0.39, 0.29) is 11.9 Å². The maximum atomic E-state index is 12.7. The Morgan fingerprint density at radius 1 is 1.32 bits per heavy atom. The lowest BCUT2D eigenvalue weighted by Crippen LogP contribution is -2.39. The summed E-state index contributed by atoms with van der Waals surface area (Å²) in [6.07, 6.45) is 4.44. The van der Waals surface area contributed by atoms with Crippen LogP contribution in [0.15, 0.2) is 42.7 Å². The van der Waals surface area contributed by atoms with E-state index in [4.69, 9.17) is 0 Å². The van der Waals surface area contributed by atoms with Crippen molar-refractivity contribution in [2.45, 2.75) is 25.9 Å². The number of para-hydroxylation sites is 1.